The summed E-state index contributed by atoms with van der Waals surface area (Å²) in [5.74, 6) is -1.87. The van der Waals surface area contributed by atoms with Gasteiger partial charge in [-0.25, -0.2) is 9.18 Å². The zero-order chi connectivity index (χ0) is 16.8. The molecule has 0 bridgehead atoms. The van der Waals surface area contributed by atoms with Gasteiger partial charge in [-0.15, -0.1) is 0 Å². The average molecular weight is 315 g/mol. The molecule has 0 aliphatic carbocycles. The Labute approximate surface area is 134 Å². The van der Waals surface area contributed by atoms with E-state index in [0.29, 0.717) is 5.56 Å². The highest BCUT2D eigenvalue weighted by Gasteiger charge is 2.20. The van der Waals surface area contributed by atoms with Gasteiger partial charge in [-0.05, 0) is 30.2 Å². The van der Waals surface area contributed by atoms with Gasteiger partial charge in [0.25, 0.3) is 0 Å². The van der Waals surface area contributed by atoms with Crippen molar-refractivity contribution in [3.63, 3.8) is 0 Å². The van der Waals surface area contributed by atoms with E-state index in [9.17, 15) is 19.1 Å². The van der Waals surface area contributed by atoms with E-state index in [1.54, 1.807) is 0 Å². The number of aliphatic carboxylic acids is 1. The van der Waals surface area contributed by atoms with Crippen molar-refractivity contribution in [2.45, 2.75) is 25.8 Å². The maximum atomic E-state index is 12.8. The van der Waals surface area contributed by atoms with E-state index in [1.165, 1.54) is 24.3 Å². The summed E-state index contributed by atoms with van der Waals surface area (Å²) >= 11 is 0. The summed E-state index contributed by atoms with van der Waals surface area (Å²) in [6, 6.07) is 12.0. The molecule has 2 aromatic rings. The smallest absolute Gasteiger partial charge is 0.326 e. The van der Waals surface area contributed by atoms with E-state index in [2.05, 4.69) is 5.32 Å². The largest absolute Gasteiger partial charge is 0.480 e. The molecule has 0 saturated carbocycles. The second-order valence-corrected chi connectivity index (χ2v) is 5.45. The normalized spacial score (nSPS) is 11.7. The maximum absolute atomic E-state index is 12.8. The first-order valence-electron chi connectivity index (χ1n) is 7.26. The number of aryl methyl sites for hydroxylation is 1. The fraction of sp³-hybridized carbons (Fsp3) is 0.222. The molecule has 2 N–H and O–H groups in total. The van der Waals surface area contributed by atoms with Crippen LogP contribution in [0, 0.1) is 12.7 Å². The Hall–Kier alpha value is -2.69. The molecule has 0 saturated heterocycles. The van der Waals surface area contributed by atoms with Crippen LogP contribution in [0.3, 0.4) is 0 Å². The van der Waals surface area contributed by atoms with E-state index in [1.807, 2.05) is 31.2 Å². The number of amides is 1. The molecule has 23 heavy (non-hydrogen) atoms. The summed E-state index contributed by atoms with van der Waals surface area (Å²) in [5.41, 5.74) is 2.51. The first-order valence-corrected chi connectivity index (χ1v) is 7.26. The van der Waals surface area contributed by atoms with Gasteiger partial charge in [-0.1, -0.05) is 42.0 Å². The van der Waals surface area contributed by atoms with Crippen molar-refractivity contribution in [2.24, 2.45) is 0 Å². The lowest BCUT2D eigenvalue weighted by Gasteiger charge is -2.15. The molecule has 0 aliphatic rings. The van der Waals surface area contributed by atoms with Gasteiger partial charge in [-0.2, -0.15) is 0 Å². The topological polar surface area (TPSA) is 66.4 Å². The van der Waals surface area contributed by atoms with Crippen molar-refractivity contribution < 1.29 is 19.1 Å². The molecule has 0 aromatic heterocycles. The van der Waals surface area contributed by atoms with E-state index < -0.39 is 17.9 Å². The lowest BCUT2D eigenvalue weighted by Crippen LogP contribution is -2.43. The number of carboxylic acid groups (broad SMARTS) is 1. The zero-order valence-electron chi connectivity index (χ0n) is 12.8. The Morgan fingerprint density at radius 1 is 1.13 bits per heavy atom. The molecule has 0 unspecified atom stereocenters. The molecule has 0 heterocycles. The molecule has 0 fully saturated rings. The Balaban J connectivity index is 1.99. The number of halogens is 1. The van der Waals surface area contributed by atoms with Crippen LogP contribution in [0.5, 0.6) is 0 Å². The third-order valence-electron chi connectivity index (χ3n) is 3.43. The highest BCUT2D eigenvalue weighted by atomic mass is 19.1. The standard InChI is InChI=1S/C18H18FNO3/c1-12-3-2-4-14(9-12)10-16(18(22)23)20-17(21)11-13-5-7-15(19)8-6-13/h2-9,16H,10-11H2,1H3,(H,20,21)(H,22,23)/t16-/m0/s1. The van der Waals surface area contributed by atoms with Gasteiger partial charge in [0.1, 0.15) is 11.9 Å². The highest BCUT2D eigenvalue weighted by Crippen LogP contribution is 2.08. The first-order chi connectivity index (χ1) is 10.9. The average Bonchev–Trinajstić information content (AvgIpc) is 2.49. The van der Waals surface area contributed by atoms with Crippen molar-refractivity contribution in [2.75, 3.05) is 0 Å². The molecule has 1 atom stereocenters. The predicted molar refractivity (Wildman–Crippen MR) is 84.6 cm³/mol. The van der Waals surface area contributed by atoms with Crippen LogP contribution >= 0.6 is 0 Å². The van der Waals surface area contributed by atoms with Crippen LogP contribution in [-0.4, -0.2) is 23.0 Å². The van der Waals surface area contributed by atoms with Crippen molar-refractivity contribution in [1.82, 2.24) is 5.32 Å². The third-order valence-corrected chi connectivity index (χ3v) is 3.43. The fourth-order valence-electron chi connectivity index (χ4n) is 2.31. The lowest BCUT2D eigenvalue weighted by molar-refractivity contribution is -0.141. The molecule has 2 rings (SSSR count). The number of carbonyl (C=O) groups is 2. The summed E-state index contributed by atoms with van der Waals surface area (Å²) in [4.78, 5) is 23.4. The Morgan fingerprint density at radius 3 is 2.43 bits per heavy atom. The van der Waals surface area contributed by atoms with Crippen LogP contribution in [-0.2, 0) is 22.4 Å². The molecular weight excluding hydrogens is 297 g/mol. The van der Waals surface area contributed by atoms with Gasteiger partial charge < -0.3 is 10.4 Å². The quantitative estimate of drug-likeness (QED) is 0.860. The van der Waals surface area contributed by atoms with Gasteiger partial charge in [0.2, 0.25) is 5.91 Å². The number of hydrogen-bond acceptors (Lipinski definition) is 2. The second kappa shape index (κ2) is 7.54. The van der Waals surface area contributed by atoms with E-state index >= 15 is 0 Å². The number of hydrogen-bond donors (Lipinski definition) is 2. The summed E-state index contributed by atoms with van der Waals surface area (Å²) in [6.07, 6.45) is 0.226. The van der Waals surface area contributed by atoms with Gasteiger partial charge in [0.05, 0.1) is 6.42 Å². The number of rotatable bonds is 6. The monoisotopic (exact) mass is 315 g/mol. The molecule has 0 spiro atoms. The number of nitrogens with one attached hydrogen (secondary N) is 1. The SMILES string of the molecule is Cc1cccc(C[C@H](NC(=O)Cc2ccc(F)cc2)C(=O)O)c1. The Bertz CT molecular complexity index is 698. The van der Waals surface area contributed by atoms with Crippen molar-refractivity contribution in [1.29, 1.82) is 0 Å². The predicted octanol–water partition coefficient (Wildman–Crippen LogP) is 2.49. The summed E-state index contributed by atoms with van der Waals surface area (Å²) in [6.45, 7) is 1.92. The first kappa shape index (κ1) is 16.7. The molecule has 1 amide bonds. The van der Waals surface area contributed by atoms with Gasteiger partial charge in [-0.3, -0.25) is 4.79 Å². The maximum Gasteiger partial charge on any atom is 0.326 e. The summed E-state index contributed by atoms with van der Waals surface area (Å²) in [7, 11) is 0. The van der Waals surface area contributed by atoms with E-state index in [4.69, 9.17) is 0 Å². The van der Waals surface area contributed by atoms with Crippen LogP contribution in [0.2, 0.25) is 0 Å². The number of benzene rings is 2. The third kappa shape index (κ3) is 5.21. The highest BCUT2D eigenvalue weighted by molar-refractivity contribution is 5.85. The van der Waals surface area contributed by atoms with Crippen LogP contribution in [0.15, 0.2) is 48.5 Å². The second-order valence-electron chi connectivity index (χ2n) is 5.45. The minimum Gasteiger partial charge on any atom is -0.480 e. The minimum atomic E-state index is -1.08. The van der Waals surface area contributed by atoms with Crippen molar-refractivity contribution in [3.8, 4) is 0 Å². The van der Waals surface area contributed by atoms with Gasteiger partial charge >= 0.3 is 5.97 Å². The van der Waals surface area contributed by atoms with Crippen molar-refractivity contribution >= 4 is 11.9 Å². The molecular formula is C18H18FNO3. The minimum absolute atomic E-state index is 0.0118. The molecule has 0 radical (unpaired) electrons. The molecule has 5 heteroatoms. The molecule has 4 nitrogen and oxygen atoms in total. The molecule has 120 valence electrons. The zero-order valence-corrected chi connectivity index (χ0v) is 12.8. The van der Waals surface area contributed by atoms with E-state index in [0.717, 1.165) is 11.1 Å². The van der Waals surface area contributed by atoms with Gasteiger partial charge in [0.15, 0.2) is 0 Å². The van der Waals surface area contributed by atoms with Gasteiger partial charge in [0, 0.05) is 6.42 Å². The van der Waals surface area contributed by atoms with Crippen LogP contribution in [0.25, 0.3) is 0 Å². The summed E-state index contributed by atoms with van der Waals surface area (Å²) < 4.78 is 12.8. The number of carboxylic acids is 1. The Kier molecular flexibility index (Phi) is 5.46. The van der Waals surface area contributed by atoms with Crippen LogP contribution in [0.4, 0.5) is 4.39 Å². The molecule has 2 aromatic carbocycles. The van der Waals surface area contributed by atoms with Crippen molar-refractivity contribution in [3.05, 3.63) is 71.0 Å². The Morgan fingerprint density at radius 2 is 1.83 bits per heavy atom. The summed E-state index contributed by atoms with van der Waals surface area (Å²) in [5, 5.41) is 11.8. The van der Waals surface area contributed by atoms with E-state index in [-0.39, 0.29) is 18.7 Å². The fourth-order valence-corrected chi connectivity index (χ4v) is 2.31. The molecule has 0 aliphatic heterocycles. The van der Waals surface area contributed by atoms with Crippen LogP contribution in [0.1, 0.15) is 16.7 Å². The lowest BCUT2D eigenvalue weighted by atomic mass is 10.0. The number of carbonyl (C=O) groups excluding carboxylic acids is 1. The van der Waals surface area contributed by atoms with Crippen LogP contribution < -0.4 is 5.32 Å².